The van der Waals surface area contributed by atoms with Crippen LogP contribution in [0.3, 0.4) is 0 Å². The molecule has 236 valence electrons. The van der Waals surface area contributed by atoms with Gasteiger partial charge < -0.3 is 49.0 Å². The lowest BCUT2D eigenvalue weighted by Crippen LogP contribution is -2.58. The van der Waals surface area contributed by atoms with Gasteiger partial charge in [-0.2, -0.15) is 0 Å². The normalized spacial score (nSPS) is 14.5. The lowest BCUT2D eigenvalue weighted by Gasteiger charge is -2.26. The zero-order valence-corrected chi connectivity index (χ0v) is 24.5. The van der Waals surface area contributed by atoms with E-state index >= 15 is 0 Å². The van der Waals surface area contributed by atoms with E-state index in [9.17, 15) is 29.1 Å². The van der Waals surface area contributed by atoms with Gasteiger partial charge in [-0.25, -0.2) is 4.79 Å². The number of amides is 4. The number of benzene rings is 1. The lowest BCUT2D eigenvalue weighted by atomic mass is 9.97. The van der Waals surface area contributed by atoms with Crippen LogP contribution in [0.5, 0.6) is 0 Å². The Hall–Kier alpha value is -4.66. The van der Waals surface area contributed by atoms with Gasteiger partial charge in [-0.1, -0.05) is 38.5 Å². The number of rotatable bonds is 18. The van der Waals surface area contributed by atoms with Crippen LogP contribution < -0.4 is 38.9 Å². The summed E-state index contributed by atoms with van der Waals surface area (Å²) < 4.78 is 0. The molecule has 2 rings (SSSR count). The van der Waals surface area contributed by atoms with Crippen molar-refractivity contribution in [3.63, 3.8) is 0 Å². The van der Waals surface area contributed by atoms with E-state index in [0.29, 0.717) is 18.4 Å². The number of aliphatic carboxylic acids is 1. The molecule has 1 heterocycles. The van der Waals surface area contributed by atoms with E-state index in [-0.39, 0.29) is 44.1 Å². The molecule has 1 aromatic heterocycles. The summed E-state index contributed by atoms with van der Waals surface area (Å²) in [6.45, 7) is 3.76. The van der Waals surface area contributed by atoms with Gasteiger partial charge in [0.2, 0.25) is 23.6 Å². The molecule has 0 bridgehead atoms. The van der Waals surface area contributed by atoms with E-state index in [1.807, 2.05) is 24.3 Å². The van der Waals surface area contributed by atoms with Crippen LogP contribution in [0, 0.1) is 5.92 Å². The predicted molar refractivity (Wildman–Crippen MR) is 161 cm³/mol. The van der Waals surface area contributed by atoms with E-state index in [2.05, 4.69) is 25.9 Å². The summed E-state index contributed by atoms with van der Waals surface area (Å²) in [6.07, 6.45) is 2.43. The van der Waals surface area contributed by atoms with E-state index in [4.69, 9.17) is 22.9 Å². The number of aliphatic imine (C=N–C) groups is 1. The van der Waals surface area contributed by atoms with Crippen LogP contribution in [0.4, 0.5) is 0 Å². The molecular weight excluding hydrogens is 558 g/mol. The number of nitrogens with one attached hydrogen (secondary N) is 4. The molecule has 2 aromatic rings. The van der Waals surface area contributed by atoms with Crippen LogP contribution in [0.2, 0.25) is 0 Å². The lowest BCUT2D eigenvalue weighted by molar-refractivity contribution is -0.143. The molecule has 0 aliphatic heterocycles. The molecule has 43 heavy (non-hydrogen) atoms. The largest absolute Gasteiger partial charge is 0.480 e. The second-order valence-corrected chi connectivity index (χ2v) is 10.5. The van der Waals surface area contributed by atoms with E-state index in [0.717, 1.165) is 10.9 Å². The molecule has 0 aliphatic rings. The Labute approximate surface area is 249 Å². The molecule has 4 amide bonds. The first kappa shape index (κ1) is 34.5. The molecule has 0 saturated carbocycles. The number of carboxylic acids is 1. The molecule has 1 aromatic carbocycles. The van der Waals surface area contributed by atoms with Gasteiger partial charge in [-0.15, -0.1) is 0 Å². The highest BCUT2D eigenvalue weighted by Gasteiger charge is 2.32. The number of H-pyrrole nitrogens is 1. The third kappa shape index (κ3) is 10.9. The van der Waals surface area contributed by atoms with E-state index in [1.54, 1.807) is 20.0 Å². The van der Waals surface area contributed by atoms with Crippen molar-refractivity contribution in [2.45, 2.75) is 76.5 Å². The Morgan fingerprint density at radius 3 is 2.23 bits per heavy atom. The van der Waals surface area contributed by atoms with Gasteiger partial charge in [0.05, 0.1) is 6.04 Å². The van der Waals surface area contributed by atoms with Crippen molar-refractivity contribution in [3.05, 3.63) is 36.0 Å². The molecule has 13 N–H and O–H groups in total. The van der Waals surface area contributed by atoms with Crippen LogP contribution in [-0.2, 0) is 30.4 Å². The van der Waals surface area contributed by atoms with E-state index in [1.165, 1.54) is 0 Å². The van der Waals surface area contributed by atoms with Crippen LogP contribution >= 0.6 is 0 Å². The quantitative estimate of drug-likeness (QED) is 0.0571. The highest BCUT2D eigenvalue weighted by Crippen LogP contribution is 2.20. The number of nitrogens with two attached hydrogens (primary N) is 4. The summed E-state index contributed by atoms with van der Waals surface area (Å²) in [5.74, 6) is -4.52. The summed E-state index contributed by atoms with van der Waals surface area (Å²) in [5, 5.41) is 18.3. The summed E-state index contributed by atoms with van der Waals surface area (Å²) in [4.78, 5) is 70.2. The van der Waals surface area contributed by atoms with Crippen molar-refractivity contribution in [1.82, 2.24) is 20.9 Å². The minimum absolute atomic E-state index is 0.00915. The number of aromatic nitrogens is 1. The second kappa shape index (κ2) is 16.7. The standard InChI is InChI=1S/C28H43N9O6/c1-3-15(2)23(27(42)43)37-26(41)21(13-16-14-34-19-9-5-4-7-17(16)19)36-25(40)20(10-11-22(30)38)35-24(39)18(29)8-6-12-33-28(31)32/h4-5,7,9,14-15,18,20-21,23,34H,3,6,8,10-13,29H2,1-2H3,(H2,30,38)(H,35,39)(H,36,40)(H,37,41)(H,42,43)(H4,31,32,33). The molecule has 0 aliphatic carbocycles. The molecule has 0 spiro atoms. The Kier molecular flexibility index (Phi) is 13.4. The molecule has 0 radical (unpaired) electrons. The van der Waals surface area contributed by atoms with Crippen molar-refractivity contribution in [2.24, 2.45) is 33.8 Å². The SMILES string of the molecule is CCC(C)C(NC(=O)C(Cc1c[nH]c2ccccc12)NC(=O)C(CCC(N)=O)NC(=O)C(N)CCCN=C(N)N)C(=O)O. The Morgan fingerprint density at radius 2 is 1.60 bits per heavy atom. The first-order chi connectivity index (χ1) is 20.3. The summed E-state index contributed by atoms with van der Waals surface area (Å²) in [5.41, 5.74) is 23.4. The summed E-state index contributed by atoms with van der Waals surface area (Å²) >= 11 is 0. The van der Waals surface area contributed by atoms with Crippen LogP contribution in [0.1, 0.15) is 51.5 Å². The molecule has 5 unspecified atom stereocenters. The maximum Gasteiger partial charge on any atom is 0.326 e. The molecule has 5 atom stereocenters. The summed E-state index contributed by atoms with van der Waals surface area (Å²) in [7, 11) is 0. The molecule has 15 heteroatoms. The third-order valence-electron chi connectivity index (χ3n) is 7.13. The van der Waals surface area contributed by atoms with Crippen molar-refractivity contribution in [3.8, 4) is 0 Å². The van der Waals surface area contributed by atoms with Crippen LogP contribution in [-0.4, -0.2) is 76.4 Å². The fourth-order valence-electron chi connectivity index (χ4n) is 4.42. The van der Waals surface area contributed by atoms with Gasteiger partial charge in [0.25, 0.3) is 0 Å². The minimum atomic E-state index is -1.26. The van der Waals surface area contributed by atoms with E-state index < -0.39 is 53.8 Å². The number of nitrogens with zero attached hydrogens (tertiary/aromatic N) is 1. The van der Waals surface area contributed by atoms with Crippen molar-refractivity contribution >= 4 is 46.5 Å². The van der Waals surface area contributed by atoms with Gasteiger partial charge in [-0.3, -0.25) is 24.2 Å². The average molecular weight is 602 g/mol. The highest BCUT2D eigenvalue weighted by atomic mass is 16.4. The van der Waals surface area contributed by atoms with Crippen molar-refractivity contribution < 1.29 is 29.1 Å². The number of carbonyl (C=O) groups excluding carboxylic acids is 4. The molecule has 0 fully saturated rings. The number of para-hydroxylation sites is 1. The Balaban J connectivity index is 2.29. The number of aromatic amines is 1. The molecule has 0 saturated heterocycles. The van der Waals surface area contributed by atoms with Gasteiger partial charge in [0, 0.05) is 36.5 Å². The number of hydrogen-bond acceptors (Lipinski definition) is 7. The fraction of sp³-hybridized carbons (Fsp3) is 0.500. The first-order valence-corrected chi connectivity index (χ1v) is 14.1. The van der Waals surface area contributed by atoms with Gasteiger partial charge in [0.15, 0.2) is 5.96 Å². The molecule has 15 nitrogen and oxygen atoms in total. The zero-order valence-electron chi connectivity index (χ0n) is 24.5. The van der Waals surface area contributed by atoms with Crippen LogP contribution in [0.25, 0.3) is 10.9 Å². The number of guanidine groups is 1. The Morgan fingerprint density at radius 1 is 0.953 bits per heavy atom. The summed E-state index contributed by atoms with van der Waals surface area (Å²) in [6, 6.07) is 2.69. The van der Waals surface area contributed by atoms with Crippen molar-refractivity contribution in [1.29, 1.82) is 0 Å². The number of carbonyl (C=O) groups is 5. The van der Waals surface area contributed by atoms with Gasteiger partial charge >= 0.3 is 5.97 Å². The predicted octanol–water partition coefficient (Wildman–Crippen LogP) is -1.06. The first-order valence-electron chi connectivity index (χ1n) is 14.1. The topological polar surface area (TPSA) is 274 Å². The number of primary amides is 1. The minimum Gasteiger partial charge on any atom is -0.480 e. The fourth-order valence-corrected chi connectivity index (χ4v) is 4.42. The smallest absolute Gasteiger partial charge is 0.326 e. The van der Waals surface area contributed by atoms with Crippen molar-refractivity contribution in [2.75, 3.05) is 6.54 Å². The van der Waals surface area contributed by atoms with Crippen LogP contribution in [0.15, 0.2) is 35.5 Å². The second-order valence-electron chi connectivity index (χ2n) is 10.5. The molecular formula is C28H43N9O6. The number of carboxylic acid groups (broad SMARTS) is 1. The monoisotopic (exact) mass is 601 g/mol. The number of hydrogen-bond donors (Lipinski definition) is 9. The maximum atomic E-state index is 13.5. The zero-order chi connectivity index (χ0) is 32.1. The highest BCUT2D eigenvalue weighted by molar-refractivity contribution is 5.95. The maximum absolute atomic E-state index is 13.5. The van der Waals surface area contributed by atoms with Gasteiger partial charge in [-0.05, 0) is 36.8 Å². The Bertz CT molecular complexity index is 1310. The number of fused-ring (bicyclic) bond motifs is 1. The third-order valence-corrected chi connectivity index (χ3v) is 7.13. The van der Waals surface area contributed by atoms with Gasteiger partial charge in [0.1, 0.15) is 18.1 Å². The average Bonchev–Trinajstić information content (AvgIpc) is 3.37.